The molecule has 0 amide bonds. The Kier molecular flexibility index (Phi) is 4.09. The van der Waals surface area contributed by atoms with Crippen LogP contribution in [0.4, 0.5) is 0 Å². The average Bonchev–Trinajstić information content (AvgIpc) is 3.12. The second kappa shape index (κ2) is 6.05. The van der Waals surface area contributed by atoms with Crippen LogP contribution in [0.2, 0.25) is 0 Å². The summed E-state index contributed by atoms with van der Waals surface area (Å²) in [6.07, 6.45) is 6.31. The van der Waals surface area contributed by atoms with Gasteiger partial charge in [0, 0.05) is 17.5 Å². The summed E-state index contributed by atoms with van der Waals surface area (Å²) < 4.78 is 16.3. The second-order valence-electron chi connectivity index (χ2n) is 6.21. The Balaban J connectivity index is 1.59. The van der Waals surface area contributed by atoms with Crippen molar-refractivity contribution in [2.24, 2.45) is 0 Å². The van der Waals surface area contributed by atoms with E-state index in [0.29, 0.717) is 17.9 Å². The number of hydrogen-bond acceptors (Lipinski definition) is 4. The quantitative estimate of drug-likeness (QED) is 0.478. The molecule has 0 N–H and O–H groups in total. The number of fused-ring (bicyclic) bond motifs is 1. The summed E-state index contributed by atoms with van der Waals surface area (Å²) in [7, 11) is 0. The topological polar surface area (TPSA) is 52.0 Å². The van der Waals surface area contributed by atoms with Gasteiger partial charge in [0.15, 0.2) is 0 Å². The highest BCUT2D eigenvalue weighted by atomic mass is 16.6. The maximum atomic E-state index is 11.2. The van der Waals surface area contributed by atoms with Gasteiger partial charge in [-0.25, -0.2) is 4.79 Å². The molecular formula is C19H20O4. The zero-order valence-electron chi connectivity index (χ0n) is 13.5. The van der Waals surface area contributed by atoms with Crippen molar-refractivity contribution in [1.82, 2.24) is 0 Å². The van der Waals surface area contributed by atoms with Crippen LogP contribution in [0.1, 0.15) is 20.8 Å². The summed E-state index contributed by atoms with van der Waals surface area (Å²) in [5, 5.41) is 0.874. The summed E-state index contributed by atoms with van der Waals surface area (Å²) in [6.45, 7) is 6.62. The Bertz CT molecular complexity index is 827. The minimum absolute atomic E-state index is 0.0255. The van der Waals surface area contributed by atoms with Crippen molar-refractivity contribution in [1.29, 1.82) is 0 Å². The fraction of sp³-hybridized carbons (Fsp3) is 0.316. The van der Waals surface area contributed by atoms with Crippen LogP contribution in [0.3, 0.4) is 0 Å². The largest absolute Gasteiger partial charge is 0.489 e. The minimum Gasteiger partial charge on any atom is -0.489 e. The van der Waals surface area contributed by atoms with Crippen LogP contribution < -0.4 is 10.4 Å². The molecule has 2 aromatic rings. The summed E-state index contributed by atoms with van der Waals surface area (Å²) in [6, 6.07) is 8.61. The molecule has 0 radical (unpaired) electrons. The van der Waals surface area contributed by atoms with Crippen LogP contribution in [-0.4, -0.2) is 18.3 Å². The summed E-state index contributed by atoms with van der Waals surface area (Å²) in [4.78, 5) is 11.2. The zero-order valence-corrected chi connectivity index (χ0v) is 13.5. The van der Waals surface area contributed by atoms with Crippen molar-refractivity contribution in [3.05, 3.63) is 64.6 Å². The first kappa shape index (κ1) is 15.6. The Morgan fingerprint density at radius 1 is 1.30 bits per heavy atom. The lowest BCUT2D eigenvalue weighted by Crippen LogP contribution is -1.99. The van der Waals surface area contributed by atoms with Crippen LogP contribution in [0.5, 0.6) is 5.75 Å². The van der Waals surface area contributed by atoms with Crippen molar-refractivity contribution >= 4 is 11.0 Å². The fourth-order valence-corrected chi connectivity index (χ4v) is 2.27. The standard InChI is InChI=1S/C19H20O4/c1-13(4-8-17-19(2,3)23-17)10-11-21-15-7-5-14-6-9-18(20)22-16(14)12-15/h4-10,12,17H,11H2,1-3H3. The van der Waals surface area contributed by atoms with E-state index in [0.717, 1.165) is 11.0 Å². The first-order valence-corrected chi connectivity index (χ1v) is 7.63. The molecule has 0 spiro atoms. The number of ether oxygens (including phenoxy) is 2. The predicted molar refractivity (Wildman–Crippen MR) is 89.8 cm³/mol. The third-order valence-electron chi connectivity index (χ3n) is 3.84. The molecule has 1 aliphatic heterocycles. The number of hydrogen-bond donors (Lipinski definition) is 0. The van der Waals surface area contributed by atoms with Gasteiger partial charge in [-0.3, -0.25) is 0 Å². The van der Waals surface area contributed by atoms with Crippen LogP contribution in [0.15, 0.2) is 63.3 Å². The van der Waals surface area contributed by atoms with E-state index in [9.17, 15) is 4.79 Å². The summed E-state index contributed by atoms with van der Waals surface area (Å²) in [5.41, 5.74) is 1.26. The van der Waals surface area contributed by atoms with Crippen molar-refractivity contribution in [2.45, 2.75) is 32.5 Å². The predicted octanol–water partition coefficient (Wildman–Crippen LogP) is 3.85. The van der Waals surface area contributed by atoms with E-state index in [1.165, 1.54) is 6.07 Å². The molecule has 4 nitrogen and oxygen atoms in total. The van der Waals surface area contributed by atoms with Crippen LogP contribution in [0.25, 0.3) is 11.0 Å². The van der Waals surface area contributed by atoms with Gasteiger partial charge in [-0.2, -0.15) is 0 Å². The van der Waals surface area contributed by atoms with Crippen LogP contribution >= 0.6 is 0 Å². The molecular weight excluding hydrogens is 292 g/mol. The van der Waals surface area contributed by atoms with Gasteiger partial charge < -0.3 is 13.9 Å². The molecule has 1 atom stereocenters. The molecule has 1 aromatic carbocycles. The SMILES string of the molecule is CC(C=CC1OC1(C)C)=CCOc1ccc2ccc(=O)oc2c1. The lowest BCUT2D eigenvalue weighted by atomic mass is 10.1. The van der Waals surface area contributed by atoms with E-state index < -0.39 is 0 Å². The first-order chi connectivity index (χ1) is 10.9. The van der Waals surface area contributed by atoms with Gasteiger partial charge in [0.05, 0.1) is 5.60 Å². The third-order valence-corrected chi connectivity index (χ3v) is 3.84. The normalized spacial score (nSPS) is 20.1. The molecule has 23 heavy (non-hydrogen) atoms. The van der Waals surface area contributed by atoms with Crippen LogP contribution in [0, 0.1) is 0 Å². The van der Waals surface area contributed by atoms with Gasteiger partial charge in [-0.05, 0) is 45.0 Å². The smallest absolute Gasteiger partial charge is 0.336 e. The molecule has 3 rings (SSSR count). The Hall–Kier alpha value is -2.33. The Morgan fingerprint density at radius 3 is 2.78 bits per heavy atom. The van der Waals surface area contributed by atoms with Crippen molar-refractivity contribution in [3.63, 3.8) is 0 Å². The molecule has 1 fully saturated rings. The van der Waals surface area contributed by atoms with Crippen LogP contribution in [-0.2, 0) is 4.74 Å². The van der Waals surface area contributed by atoms with E-state index in [1.54, 1.807) is 12.1 Å². The van der Waals surface area contributed by atoms with Gasteiger partial charge in [0.1, 0.15) is 24.0 Å². The molecule has 4 heteroatoms. The van der Waals surface area contributed by atoms with Crippen molar-refractivity contribution in [2.75, 3.05) is 6.61 Å². The summed E-state index contributed by atoms with van der Waals surface area (Å²) in [5.74, 6) is 0.673. The third kappa shape index (κ3) is 3.90. The highest BCUT2D eigenvalue weighted by Gasteiger charge is 2.45. The molecule has 2 heterocycles. The number of epoxide rings is 1. The molecule has 1 aromatic heterocycles. The molecule has 1 unspecified atom stereocenters. The zero-order chi connectivity index (χ0) is 16.4. The lowest BCUT2D eigenvalue weighted by molar-refractivity contribution is 0.333. The van der Waals surface area contributed by atoms with E-state index in [1.807, 2.05) is 31.2 Å². The number of benzene rings is 1. The van der Waals surface area contributed by atoms with E-state index in [4.69, 9.17) is 13.9 Å². The maximum Gasteiger partial charge on any atom is 0.336 e. The van der Waals surface area contributed by atoms with Crippen molar-refractivity contribution < 1.29 is 13.9 Å². The minimum atomic E-state index is -0.360. The molecule has 0 aliphatic carbocycles. The van der Waals surface area contributed by atoms with E-state index in [2.05, 4.69) is 19.9 Å². The van der Waals surface area contributed by atoms with Gasteiger partial charge in [0.2, 0.25) is 0 Å². The molecule has 1 saturated heterocycles. The van der Waals surface area contributed by atoms with Gasteiger partial charge in [0.25, 0.3) is 0 Å². The Morgan fingerprint density at radius 2 is 2.04 bits per heavy atom. The highest BCUT2D eigenvalue weighted by Crippen LogP contribution is 2.36. The lowest BCUT2D eigenvalue weighted by Gasteiger charge is -2.04. The monoisotopic (exact) mass is 312 g/mol. The van der Waals surface area contributed by atoms with Gasteiger partial charge in [-0.1, -0.05) is 17.7 Å². The maximum absolute atomic E-state index is 11.2. The molecule has 0 saturated carbocycles. The molecule has 120 valence electrons. The number of rotatable bonds is 5. The fourth-order valence-electron chi connectivity index (χ4n) is 2.27. The second-order valence-corrected chi connectivity index (χ2v) is 6.21. The first-order valence-electron chi connectivity index (χ1n) is 7.63. The summed E-state index contributed by atoms with van der Waals surface area (Å²) >= 11 is 0. The van der Waals surface area contributed by atoms with E-state index >= 15 is 0 Å². The van der Waals surface area contributed by atoms with E-state index in [-0.39, 0.29) is 17.3 Å². The van der Waals surface area contributed by atoms with Crippen molar-refractivity contribution in [3.8, 4) is 5.75 Å². The number of allylic oxidation sites excluding steroid dienone is 2. The highest BCUT2D eigenvalue weighted by molar-refractivity contribution is 5.77. The average molecular weight is 312 g/mol. The molecule has 1 aliphatic rings. The Labute approximate surface area is 135 Å². The van der Waals surface area contributed by atoms with Gasteiger partial charge >= 0.3 is 5.63 Å². The van der Waals surface area contributed by atoms with Gasteiger partial charge in [-0.15, -0.1) is 0 Å². The molecule has 0 bridgehead atoms.